The lowest BCUT2D eigenvalue weighted by molar-refractivity contribution is 0.295. The lowest BCUT2D eigenvalue weighted by Gasteiger charge is -2.31. The normalized spacial score (nSPS) is 21.6. The highest BCUT2D eigenvalue weighted by Gasteiger charge is 2.31. The van der Waals surface area contributed by atoms with Crippen molar-refractivity contribution in [1.29, 1.82) is 0 Å². The number of nitrogens with two attached hydrogens (primary N) is 1. The number of nitrogen functional groups attached to an aromatic ring is 1. The highest BCUT2D eigenvalue weighted by atomic mass is 16.5. The fourth-order valence-electron chi connectivity index (χ4n) is 2.16. The highest BCUT2D eigenvalue weighted by Crippen LogP contribution is 2.38. The van der Waals surface area contributed by atoms with E-state index in [0.29, 0.717) is 5.88 Å². The number of hydrogen-bond donors (Lipinski definition) is 1. The zero-order valence-corrected chi connectivity index (χ0v) is 8.05. The molecule has 13 heavy (non-hydrogen) atoms. The van der Waals surface area contributed by atoms with Crippen molar-refractivity contribution in [2.24, 2.45) is 0 Å². The predicted molar refractivity (Wildman–Crippen MR) is 51.4 cm³/mol. The predicted octanol–water partition coefficient (Wildman–Crippen LogP) is 2.48. The summed E-state index contributed by atoms with van der Waals surface area (Å²) in [4.78, 5) is 0. The summed E-state index contributed by atoms with van der Waals surface area (Å²) in [7, 11) is 0. The van der Waals surface area contributed by atoms with Gasteiger partial charge in [0, 0.05) is 11.5 Å². The molecule has 72 valence electrons. The highest BCUT2D eigenvalue weighted by molar-refractivity contribution is 5.29. The summed E-state index contributed by atoms with van der Waals surface area (Å²) in [5, 5.41) is 4.01. The van der Waals surface area contributed by atoms with E-state index < -0.39 is 0 Å². The SMILES string of the molecule is CC1(c2cc(N)on2)CCCCC1. The number of nitrogens with zero attached hydrogens (tertiary/aromatic N) is 1. The molecule has 0 saturated heterocycles. The van der Waals surface area contributed by atoms with Crippen molar-refractivity contribution in [3.63, 3.8) is 0 Å². The third-order valence-corrected chi connectivity index (χ3v) is 3.10. The number of anilines is 1. The van der Waals surface area contributed by atoms with Crippen LogP contribution in [0, 0.1) is 0 Å². The van der Waals surface area contributed by atoms with Gasteiger partial charge in [-0.05, 0) is 12.8 Å². The minimum atomic E-state index is 0.208. The Hall–Kier alpha value is -0.990. The molecule has 0 aliphatic heterocycles. The Morgan fingerprint density at radius 3 is 2.62 bits per heavy atom. The zero-order chi connectivity index (χ0) is 9.31. The summed E-state index contributed by atoms with van der Waals surface area (Å²) in [5.74, 6) is 0.432. The van der Waals surface area contributed by atoms with Crippen molar-refractivity contribution < 1.29 is 4.52 Å². The van der Waals surface area contributed by atoms with Gasteiger partial charge in [-0.25, -0.2) is 0 Å². The molecule has 0 atom stereocenters. The van der Waals surface area contributed by atoms with Gasteiger partial charge in [-0.2, -0.15) is 0 Å². The first-order chi connectivity index (χ1) is 6.21. The van der Waals surface area contributed by atoms with E-state index in [2.05, 4.69) is 12.1 Å². The second-order valence-corrected chi connectivity index (χ2v) is 4.24. The third kappa shape index (κ3) is 1.55. The fourth-order valence-corrected chi connectivity index (χ4v) is 2.16. The summed E-state index contributed by atoms with van der Waals surface area (Å²) in [6.07, 6.45) is 6.35. The van der Waals surface area contributed by atoms with Crippen molar-refractivity contribution in [2.45, 2.75) is 44.4 Å². The molecule has 3 heteroatoms. The van der Waals surface area contributed by atoms with Crippen LogP contribution in [0.4, 0.5) is 5.88 Å². The van der Waals surface area contributed by atoms with Crippen molar-refractivity contribution in [3.8, 4) is 0 Å². The number of aromatic nitrogens is 1. The maximum absolute atomic E-state index is 5.51. The topological polar surface area (TPSA) is 52.0 Å². The molecular weight excluding hydrogens is 164 g/mol. The van der Waals surface area contributed by atoms with Gasteiger partial charge in [-0.3, -0.25) is 0 Å². The fraction of sp³-hybridized carbons (Fsp3) is 0.700. The van der Waals surface area contributed by atoms with Gasteiger partial charge in [-0.15, -0.1) is 0 Å². The van der Waals surface area contributed by atoms with Crippen LogP contribution < -0.4 is 5.73 Å². The number of rotatable bonds is 1. The molecule has 1 aliphatic carbocycles. The summed E-state index contributed by atoms with van der Waals surface area (Å²) in [5.41, 5.74) is 6.75. The first-order valence-electron chi connectivity index (χ1n) is 4.93. The maximum atomic E-state index is 5.51. The summed E-state index contributed by atoms with van der Waals surface area (Å²) >= 11 is 0. The van der Waals surface area contributed by atoms with Gasteiger partial charge >= 0.3 is 0 Å². The van der Waals surface area contributed by atoms with Crippen LogP contribution >= 0.6 is 0 Å². The van der Waals surface area contributed by atoms with Gasteiger partial charge in [-0.1, -0.05) is 31.3 Å². The average Bonchev–Trinajstić information content (AvgIpc) is 2.54. The molecule has 1 aromatic heterocycles. The Morgan fingerprint density at radius 2 is 2.08 bits per heavy atom. The van der Waals surface area contributed by atoms with Crippen molar-refractivity contribution in [3.05, 3.63) is 11.8 Å². The minimum Gasteiger partial charge on any atom is -0.368 e. The Balaban J connectivity index is 2.22. The lowest BCUT2D eigenvalue weighted by Crippen LogP contribution is -2.25. The van der Waals surface area contributed by atoms with Crippen LogP contribution in [0.15, 0.2) is 10.6 Å². The maximum Gasteiger partial charge on any atom is 0.222 e. The van der Waals surface area contributed by atoms with Crippen LogP contribution in [-0.4, -0.2) is 5.16 Å². The molecule has 0 unspecified atom stereocenters. The summed E-state index contributed by atoms with van der Waals surface area (Å²) in [6, 6.07) is 1.87. The molecule has 2 N–H and O–H groups in total. The Kier molecular flexibility index (Phi) is 2.02. The molecule has 0 radical (unpaired) electrons. The standard InChI is InChI=1S/C10H16N2O/c1-10(5-3-2-4-6-10)8-7-9(11)13-12-8/h7H,2-6,11H2,1H3. The van der Waals surface area contributed by atoms with Crippen molar-refractivity contribution >= 4 is 5.88 Å². The van der Waals surface area contributed by atoms with Gasteiger partial charge < -0.3 is 10.3 Å². The van der Waals surface area contributed by atoms with Gasteiger partial charge in [0.1, 0.15) is 0 Å². The molecule has 2 rings (SSSR count). The van der Waals surface area contributed by atoms with E-state index in [1.807, 2.05) is 6.07 Å². The Morgan fingerprint density at radius 1 is 1.38 bits per heavy atom. The van der Waals surface area contributed by atoms with Crippen LogP contribution in [0.2, 0.25) is 0 Å². The largest absolute Gasteiger partial charge is 0.368 e. The van der Waals surface area contributed by atoms with Gasteiger partial charge in [0.25, 0.3) is 0 Å². The smallest absolute Gasteiger partial charge is 0.222 e. The zero-order valence-electron chi connectivity index (χ0n) is 8.05. The molecule has 1 aromatic rings. The van der Waals surface area contributed by atoms with E-state index in [1.54, 1.807) is 0 Å². The van der Waals surface area contributed by atoms with E-state index in [4.69, 9.17) is 10.3 Å². The van der Waals surface area contributed by atoms with Crippen LogP contribution in [0.5, 0.6) is 0 Å². The van der Waals surface area contributed by atoms with Gasteiger partial charge in [0.15, 0.2) is 0 Å². The quantitative estimate of drug-likeness (QED) is 0.722. The Labute approximate surface area is 78.3 Å². The Bertz CT molecular complexity index is 287. The second kappa shape index (κ2) is 3.05. The van der Waals surface area contributed by atoms with E-state index in [0.717, 1.165) is 5.69 Å². The van der Waals surface area contributed by atoms with E-state index in [1.165, 1.54) is 32.1 Å². The second-order valence-electron chi connectivity index (χ2n) is 4.24. The average molecular weight is 180 g/mol. The molecule has 1 aliphatic rings. The summed E-state index contributed by atoms with van der Waals surface area (Å²) in [6.45, 7) is 2.25. The van der Waals surface area contributed by atoms with Crippen LogP contribution in [-0.2, 0) is 5.41 Å². The van der Waals surface area contributed by atoms with E-state index in [-0.39, 0.29) is 5.41 Å². The molecule has 0 amide bonds. The van der Waals surface area contributed by atoms with E-state index >= 15 is 0 Å². The molecule has 0 spiro atoms. The van der Waals surface area contributed by atoms with Crippen molar-refractivity contribution in [1.82, 2.24) is 5.16 Å². The third-order valence-electron chi connectivity index (χ3n) is 3.10. The van der Waals surface area contributed by atoms with Crippen molar-refractivity contribution in [2.75, 3.05) is 5.73 Å². The minimum absolute atomic E-state index is 0.208. The van der Waals surface area contributed by atoms with Gasteiger partial charge in [0.2, 0.25) is 5.88 Å². The molecular formula is C10H16N2O. The van der Waals surface area contributed by atoms with Crippen LogP contribution in [0.25, 0.3) is 0 Å². The van der Waals surface area contributed by atoms with Crippen LogP contribution in [0.3, 0.4) is 0 Å². The first kappa shape index (κ1) is 8.60. The molecule has 3 nitrogen and oxygen atoms in total. The molecule has 0 aromatic carbocycles. The molecule has 0 bridgehead atoms. The van der Waals surface area contributed by atoms with Crippen LogP contribution in [0.1, 0.15) is 44.7 Å². The monoisotopic (exact) mass is 180 g/mol. The van der Waals surface area contributed by atoms with Gasteiger partial charge in [0.05, 0.1) is 5.69 Å². The molecule has 1 heterocycles. The molecule has 1 fully saturated rings. The number of hydrogen-bond acceptors (Lipinski definition) is 3. The van der Waals surface area contributed by atoms with E-state index in [9.17, 15) is 0 Å². The lowest BCUT2D eigenvalue weighted by atomic mass is 9.73. The molecule has 1 saturated carbocycles. The first-order valence-corrected chi connectivity index (χ1v) is 4.93. The summed E-state index contributed by atoms with van der Waals surface area (Å²) < 4.78 is 4.91.